The number of rotatable bonds is 3. The van der Waals surface area contributed by atoms with Crippen LogP contribution in [0.25, 0.3) is 0 Å². The summed E-state index contributed by atoms with van der Waals surface area (Å²) in [6.45, 7) is 2.10. The molecule has 102 valence electrons. The van der Waals surface area contributed by atoms with Crippen molar-refractivity contribution in [3.63, 3.8) is 0 Å². The van der Waals surface area contributed by atoms with E-state index in [-0.39, 0.29) is 6.04 Å². The molecule has 0 spiro atoms. The highest BCUT2D eigenvalue weighted by atomic mass is 16.3. The van der Waals surface area contributed by atoms with E-state index >= 15 is 0 Å². The third kappa shape index (κ3) is 2.82. The Bertz CT molecular complexity index is 614. The third-order valence-electron chi connectivity index (χ3n) is 3.64. The van der Waals surface area contributed by atoms with Gasteiger partial charge in [-0.1, -0.05) is 42.0 Å². The predicted octanol–water partition coefficient (Wildman–Crippen LogP) is 3.33. The summed E-state index contributed by atoms with van der Waals surface area (Å²) in [5, 5.41) is 13.8. The normalized spacial score (nSPS) is 17.6. The fraction of sp³-hybridized carbons (Fsp3) is 0.235. The number of phenolic OH excluding ortho intramolecular Hbond substituents is 1. The number of hydrogen-bond acceptors (Lipinski definition) is 3. The van der Waals surface area contributed by atoms with Crippen LogP contribution >= 0.6 is 0 Å². The van der Waals surface area contributed by atoms with Gasteiger partial charge < -0.3 is 10.5 Å². The number of aryl methyl sites for hydroxylation is 1. The lowest BCUT2D eigenvalue weighted by Gasteiger charge is -2.10. The van der Waals surface area contributed by atoms with Gasteiger partial charge in [0, 0.05) is 18.6 Å². The number of hydrogen-bond donors (Lipinski definition) is 2. The van der Waals surface area contributed by atoms with Crippen LogP contribution in [0.4, 0.5) is 0 Å². The molecule has 2 aromatic rings. The SMILES string of the molecule is Cc1ccc(CC2=NNC(c3ccc(O)cc3)C2)cc1. The summed E-state index contributed by atoms with van der Waals surface area (Å²) in [7, 11) is 0. The molecule has 0 aliphatic carbocycles. The molecule has 1 aliphatic rings. The summed E-state index contributed by atoms with van der Waals surface area (Å²) < 4.78 is 0. The average molecular weight is 266 g/mol. The van der Waals surface area contributed by atoms with Crippen LogP contribution in [-0.4, -0.2) is 10.8 Å². The number of nitrogens with zero attached hydrogens (tertiary/aromatic N) is 1. The molecule has 3 heteroatoms. The largest absolute Gasteiger partial charge is 0.508 e. The van der Waals surface area contributed by atoms with Gasteiger partial charge >= 0.3 is 0 Å². The van der Waals surface area contributed by atoms with E-state index in [9.17, 15) is 5.11 Å². The lowest BCUT2D eigenvalue weighted by Crippen LogP contribution is -2.09. The van der Waals surface area contributed by atoms with Crippen molar-refractivity contribution in [2.45, 2.75) is 25.8 Å². The average Bonchev–Trinajstić information content (AvgIpc) is 2.91. The Morgan fingerprint density at radius 1 is 1.10 bits per heavy atom. The van der Waals surface area contributed by atoms with Crippen LogP contribution in [0.15, 0.2) is 53.6 Å². The summed E-state index contributed by atoms with van der Waals surface area (Å²) in [4.78, 5) is 0. The molecule has 1 unspecified atom stereocenters. The third-order valence-corrected chi connectivity index (χ3v) is 3.64. The highest BCUT2D eigenvalue weighted by Crippen LogP contribution is 2.24. The second-order valence-corrected chi connectivity index (χ2v) is 5.32. The summed E-state index contributed by atoms with van der Waals surface area (Å²) >= 11 is 0. The Hall–Kier alpha value is -2.29. The number of hydrazone groups is 1. The summed E-state index contributed by atoms with van der Waals surface area (Å²) in [5.41, 5.74) is 8.09. The first-order chi connectivity index (χ1) is 9.70. The topological polar surface area (TPSA) is 44.6 Å². The molecule has 2 N–H and O–H groups in total. The van der Waals surface area contributed by atoms with Crippen LogP contribution in [0.3, 0.4) is 0 Å². The van der Waals surface area contributed by atoms with Gasteiger partial charge in [0.05, 0.1) is 6.04 Å². The van der Waals surface area contributed by atoms with Crippen LogP contribution in [0.1, 0.15) is 29.2 Å². The van der Waals surface area contributed by atoms with Crippen LogP contribution in [0, 0.1) is 6.92 Å². The van der Waals surface area contributed by atoms with Crippen molar-refractivity contribution < 1.29 is 5.11 Å². The molecule has 0 saturated carbocycles. The van der Waals surface area contributed by atoms with E-state index in [1.165, 1.54) is 16.8 Å². The van der Waals surface area contributed by atoms with E-state index < -0.39 is 0 Å². The van der Waals surface area contributed by atoms with Crippen molar-refractivity contribution in [1.29, 1.82) is 0 Å². The molecule has 3 nitrogen and oxygen atoms in total. The monoisotopic (exact) mass is 266 g/mol. The molecule has 0 aromatic heterocycles. The molecule has 0 radical (unpaired) electrons. The van der Waals surface area contributed by atoms with E-state index in [4.69, 9.17) is 0 Å². The van der Waals surface area contributed by atoms with E-state index in [0.29, 0.717) is 5.75 Å². The van der Waals surface area contributed by atoms with Gasteiger partial charge in [-0.3, -0.25) is 0 Å². The van der Waals surface area contributed by atoms with Gasteiger partial charge in [0.15, 0.2) is 0 Å². The molecular weight excluding hydrogens is 248 g/mol. The molecule has 1 aliphatic heterocycles. The standard InChI is InChI=1S/C17H18N2O/c1-12-2-4-13(5-3-12)10-15-11-17(19-18-15)14-6-8-16(20)9-7-14/h2-9,17,19-20H,10-11H2,1H3. The smallest absolute Gasteiger partial charge is 0.115 e. The second-order valence-electron chi connectivity index (χ2n) is 5.32. The van der Waals surface area contributed by atoms with Crippen molar-refractivity contribution in [3.8, 4) is 5.75 Å². The number of nitrogens with one attached hydrogen (secondary N) is 1. The zero-order valence-corrected chi connectivity index (χ0v) is 11.5. The molecule has 1 atom stereocenters. The van der Waals surface area contributed by atoms with Crippen molar-refractivity contribution in [3.05, 3.63) is 65.2 Å². The first-order valence-electron chi connectivity index (χ1n) is 6.86. The van der Waals surface area contributed by atoms with Crippen molar-refractivity contribution >= 4 is 5.71 Å². The Kier molecular flexibility index (Phi) is 3.42. The Morgan fingerprint density at radius 2 is 1.80 bits per heavy atom. The second kappa shape index (κ2) is 5.37. The molecule has 2 aromatic carbocycles. The quantitative estimate of drug-likeness (QED) is 0.895. The molecule has 0 bridgehead atoms. The van der Waals surface area contributed by atoms with Crippen LogP contribution in [0.5, 0.6) is 5.75 Å². The summed E-state index contributed by atoms with van der Waals surface area (Å²) in [6, 6.07) is 16.1. The van der Waals surface area contributed by atoms with Crippen LogP contribution in [0.2, 0.25) is 0 Å². The van der Waals surface area contributed by atoms with E-state index in [0.717, 1.165) is 18.4 Å². The summed E-state index contributed by atoms with van der Waals surface area (Å²) in [6.07, 6.45) is 1.81. The summed E-state index contributed by atoms with van der Waals surface area (Å²) in [5.74, 6) is 0.299. The van der Waals surface area contributed by atoms with Gasteiger partial charge in [-0.2, -0.15) is 5.10 Å². The highest BCUT2D eigenvalue weighted by molar-refractivity contribution is 5.88. The Labute approximate surface area is 119 Å². The first kappa shape index (κ1) is 12.7. The minimum Gasteiger partial charge on any atom is -0.508 e. The van der Waals surface area contributed by atoms with Gasteiger partial charge in [-0.05, 0) is 30.2 Å². The predicted molar refractivity (Wildman–Crippen MR) is 80.9 cm³/mol. The number of phenols is 1. The molecule has 0 amide bonds. The minimum atomic E-state index is 0.219. The van der Waals surface area contributed by atoms with E-state index in [2.05, 4.69) is 41.7 Å². The highest BCUT2D eigenvalue weighted by Gasteiger charge is 2.19. The molecule has 20 heavy (non-hydrogen) atoms. The Morgan fingerprint density at radius 3 is 2.50 bits per heavy atom. The molecular formula is C17H18N2O. The van der Waals surface area contributed by atoms with Crippen molar-refractivity contribution in [2.24, 2.45) is 5.10 Å². The van der Waals surface area contributed by atoms with Crippen molar-refractivity contribution in [2.75, 3.05) is 0 Å². The van der Waals surface area contributed by atoms with Gasteiger partial charge in [0.2, 0.25) is 0 Å². The Balaban J connectivity index is 1.64. The maximum Gasteiger partial charge on any atom is 0.115 e. The van der Waals surface area contributed by atoms with E-state index in [1.54, 1.807) is 12.1 Å². The zero-order chi connectivity index (χ0) is 13.9. The fourth-order valence-corrected chi connectivity index (χ4v) is 2.45. The number of aromatic hydroxyl groups is 1. The zero-order valence-electron chi connectivity index (χ0n) is 11.5. The van der Waals surface area contributed by atoms with Crippen LogP contribution in [-0.2, 0) is 6.42 Å². The van der Waals surface area contributed by atoms with E-state index in [1.807, 2.05) is 12.1 Å². The number of benzene rings is 2. The van der Waals surface area contributed by atoms with Gasteiger partial charge in [0.25, 0.3) is 0 Å². The van der Waals surface area contributed by atoms with Gasteiger partial charge in [-0.25, -0.2) is 0 Å². The lowest BCUT2D eigenvalue weighted by atomic mass is 9.99. The van der Waals surface area contributed by atoms with Gasteiger partial charge in [0.1, 0.15) is 5.75 Å². The fourth-order valence-electron chi connectivity index (χ4n) is 2.45. The molecule has 3 rings (SSSR count). The first-order valence-corrected chi connectivity index (χ1v) is 6.86. The maximum absolute atomic E-state index is 9.32. The molecule has 0 saturated heterocycles. The van der Waals surface area contributed by atoms with Crippen LogP contribution < -0.4 is 5.43 Å². The maximum atomic E-state index is 9.32. The minimum absolute atomic E-state index is 0.219. The van der Waals surface area contributed by atoms with Gasteiger partial charge in [-0.15, -0.1) is 0 Å². The lowest BCUT2D eigenvalue weighted by molar-refractivity contribution is 0.474. The van der Waals surface area contributed by atoms with Crippen molar-refractivity contribution in [1.82, 2.24) is 5.43 Å². The molecule has 0 fully saturated rings. The molecule has 1 heterocycles.